The predicted octanol–water partition coefficient (Wildman–Crippen LogP) is 7.36. The van der Waals surface area contributed by atoms with Crippen LogP contribution in [0.15, 0.2) is 54.0 Å². The van der Waals surface area contributed by atoms with E-state index in [1.165, 1.54) is 11.3 Å². The van der Waals surface area contributed by atoms with Gasteiger partial charge in [0, 0.05) is 27.1 Å². The highest BCUT2D eigenvalue weighted by atomic mass is 32.1. The molecule has 0 atom stereocenters. The van der Waals surface area contributed by atoms with Gasteiger partial charge in [-0.3, -0.25) is 0 Å². The van der Waals surface area contributed by atoms with Gasteiger partial charge in [-0.15, -0.1) is 22.7 Å². The quantitative estimate of drug-likeness (QED) is 0.240. The van der Waals surface area contributed by atoms with Gasteiger partial charge >= 0.3 is 5.97 Å². The minimum Gasteiger partial charge on any atom is -0.494 e. The number of carbonyl (C=O) groups is 1. The fraction of sp³-hybridized carbons (Fsp3) is 0.269. The third-order valence-electron chi connectivity index (χ3n) is 5.02. The lowest BCUT2D eigenvalue weighted by Gasteiger charge is -2.08. The minimum atomic E-state index is -1.03. The normalized spacial score (nSPS) is 11.1. The lowest BCUT2D eigenvalue weighted by Crippen LogP contribution is -2.05. The fourth-order valence-corrected chi connectivity index (χ4v) is 5.40. The first-order valence-electron chi connectivity index (χ1n) is 11.2. The Morgan fingerprint density at radius 1 is 1.18 bits per heavy atom. The van der Waals surface area contributed by atoms with E-state index in [1.54, 1.807) is 23.6 Å². The van der Waals surface area contributed by atoms with Gasteiger partial charge in [-0.1, -0.05) is 39.0 Å². The topological polar surface area (TPSA) is 84.3 Å². The molecular formula is C26H27N3O3S2. The van der Waals surface area contributed by atoms with Crippen LogP contribution in [0.5, 0.6) is 5.75 Å². The Labute approximate surface area is 207 Å². The Morgan fingerprint density at radius 2 is 2.03 bits per heavy atom. The van der Waals surface area contributed by atoms with Gasteiger partial charge in [-0.2, -0.15) is 0 Å². The van der Waals surface area contributed by atoms with Gasteiger partial charge in [-0.05, 0) is 48.4 Å². The van der Waals surface area contributed by atoms with E-state index in [1.807, 2.05) is 41.8 Å². The van der Waals surface area contributed by atoms with E-state index in [-0.39, 0.29) is 11.4 Å². The van der Waals surface area contributed by atoms with Crippen molar-refractivity contribution in [3.05, 3.63) is 64.5 Å². The van der Waals surface area contributed by atoms with E-state index in [4.69, 9.17) is 9.72 Å². The number of pyridine rings is 1. The number of aromatic carboxylic acids is 1. The number of thiophene rings is 1. The van der Waals surface area contributed by atoms with Crippen molar-refractivity contribution in [1.82, 2.24) is 9.97 Å². The van der Waals surface area contributed by atoms with Crippen LogP contribution in [0.3, 0.4) is 0 Å². The minimum absolute atomic E-state index is 0.114. The molecule has 0 amide bonds. The molecule has 0 saturated carbocycles. The molecule has 1 aromatic carbocycles. The molecule has 34 heavy (non-hydrogen) atoms. The summed E-state index contributed by atoms with van der Waals surface area (Å²) >= 11 is 3.08. The maximum atomic E-state index is 12.0. The number of anilines is 2. The molecule has 6 nitrogen and oxygen atoms in total. The Hall–Kier alpha value is -3.23. The standard InChI is InChI=1S/C26H27N3O3S2/c1-4-10-32-19-8-5-7-17(13-19)23-22(12-16(2)3)34-26(28-23)29-24-20(25(30)31)14-18(15-27-24)21-9-6-11-33-21/h5-9,11,13-16H,4,10,12H2,1-3H3,(H,30,31)(H,27,28,29). The summed E-state index contributed by atoms with van der Waals surface area (Å²) in [5.41, 5.74) is 2.76. The number of aromatic nitrogens is 2. The summed E-state index contributed by atoms with van der Waals surface area (Å²) in [6, 6.07) is 13.5. The first-order valence-corrected chi connectivity index (χ1v) is 12.9. The van der Waals surface area contributed by atoms with Crippen molar-refractivity contribution < 1.29 is 14.6 Å². The van der Waals surface area contributed by atoms with Crippen molar-refractivity contribution in [2.45, 2.75) is 33.6 Å². The summed E-state index contributed by atoms with van der Waals surface area (Å²) in [4.78, 5) is 23.4. The van der Waals surface area contributed by atoms with Crippen LogP contribution < -0.4 is 10.1 Å². The number of hydrogen-bond donors (Lipinski definition) is 2. The predicted molar refractivity (Wildman–Crippen MR) is 140 cm³/mol. The lowest BCUT2D eigenvalue weighted by molar-refractivity contribution is 0.0697. The number of thiazole rings is 1. The third kappa shape index (κ3) is 5.63. The summed E-state index contributed by atoms with van der Waals surface area (Å²) in [5.74, 6) is 0.512. The van der Waals surface area contributed by atoms with Crippen LogP contribution >= 0.6 is 22.7 Å². The van der Waals surface area contributed by atoms with Crippen LogP contribution in [-0.2, 0) is 6.42 Å². The second kappa shape index (κ2) is 10.8. The highest BCUT2D eigenvalue weighted by molar-refractivity contribution is 7.16. The van der Waals surface area contributed by atoms with Crippen molar-refractivity contribution in [3.8, 4) is 27.4 Å². The SMILES string of the molecule is CCCOc1cccc(-c2nc(Nc3ncc(-c4cccs4)cc3C(=O)O)sc2CC(C)C)c1. The summed E-state index contributed by atoms with van der Waals surface area (Å²) in [5, 5.41) is 15.6. The van der Waals surface area contributed by atoms with Crippen molar-refractivity contribution in [2.75, 3.05) is 11.9 Å². The van der Waals surface area contributed by atoms with E-state index in [0.717, 1.165) is 45.2 Å². The van der Waals surface area contributed by atoms with Crippen LogP contribution in [0, 0.1) is 5.92 Å². The van der Waals surface area contributed by atoms with Crippen molar-refractivity contribution in [2.24, 2.45) is 5.92 Å². The van der Waals surface area contributed by atoms with Crippen LogP contribution in [0.25, 0.3) is 21.7 Å². The molecule has 0 saturated heterocycles. The van der Waals surface area contributed by atoms with Crippen molar-refractivity contribution in [1.29, 1.82) is 0 Å². The number of rotatable bonds is 10. The third-order valence-corrected chi connectivity index (χ3v) is 6.93. The second-order valence-corrected chi connectivity index (χ2v) is 10.3. The molecule has 0 aliphatic heterocycles. The summed E-state index contributed by atoms with van der Waals surface area (Å²) in [6.07, 6.45) is 3.50. The Balaban J connectivity index is 1.68. The molecule has 176 valence electrons. The van der Waals surface area contributed by atoms with Gasteiger partial charge < -0.3 is 15.2 Å². The molecule has 0 aliphatic rings. The summed E-state index contributed by atoms with van der Waals surface area (Å²) in [6.45, 7) is 7.09. The molecule has 0 bridgehead atoms. The van der Waals surface area contributed by atoms with Crippen LogP contribution in [-0.4, -0.2) is 27.7 Å². The van der Waals surface area contributed by atoms with Crippen molar-refractivity contribution >= 4 is 39.6 Å². The van der Waals surface area contributed by atoms with Crippen LogP contribution in [0.2, 0.25) is 0 Å². The van der Waals surface area contributed by atoms with E-state index in [9.17, 15) is 9.90 Å². The number of carboxylic acids is 1. The maximum Gasteiger partial charge on any atom is 0.339 e. The van der Waals surface area contributed by atoms with Gasteiger partial charge in [0.05, 0.1) is 12.3 Å². The summed E-state index contributed by atoms with van der Waals surface area (Å²) in [7, 11) is 0. The number of benzene rings is 1. The molecule has 0 fully saturated rings. The lowest BCUT2D eigenvalue weighted by atomic mass is 10.0. The zero-order valence-corrected chi connectivity index (χ0v) is 21.0. The highest BCUT2D eigenvalue weighted by Gasteiger charge is 2.19. The number of nitrogens with one attached hydrogen (secondary N) is 1. The first kappa shape index (κ1) is 23.9. The molecule has 2 N–H and O–H groups in total. The largest absolute Gasteiger partial charge is 0.494 e. The molecule has 0 unspecified atom stereocenters. The smallest absolute Gasteiger partial charge is 0.339 e. The molecule has 4 rings (SSSR count). The fourth-order valence-electron chi connectivity index (χ4n) is 3.50. The number of ether oxygens (including phenoxy) is 1. The van der Waals surface area contributed by atoms with Gasteiger partial charge in [-0.25, -0.2) is 14.8 Å². The van der Waals surface area contributed by atoms with E-state index in [2.05, 4.69) is 31.1 Å². The van der Waals surface area contributed by atoms with E-state index in [0.29, 0.717) is 17.7 Å². The zero-order chi connectivity index (χ0) is 24.1. The molecule has 0 radical (unpaired) electrons. The Morgan fingerprint density at radius 3 is 2.74 bits per heavy atom. The second-order valence-electron chi connectivity index (χ2n) is 8.29. The van der Waals surface area contributed by atoms with Crippen molar-refractivity contribution in [3.63, 3.8) is 0 Å². The Bertz CT molecular complexity index is 1270. The summed E-state index contributed by atoms with van der Waals surface area (Å²) < 4.78 is 5.81. The first-order chi connectivity index (χ1) is 16.4. The molecular weight excluding hydrogens is 466 g/mol. The molecule has 0 aliphatic carbocycles. The molecule has 3 heterocycles. The maximum absolute atomic E-state index is 12.0. The average Bonchev–Trinajstić information content (AvgIpc) is 3.48. The number of carboxylic acid groups (broad SMARTS) is 1. The molecule has 3 aromatic heterocycles. The monoisotopic (exact) mass is 493 g/mol. The molecule has 0 spiro atoms. The van der Waals surface area contributed by atoms with Crippen LogP contribution in [0.4, 0.5) is 10.9 Å². The van der Waals surface area contributed by atoms with E-state index < -0.39 is 5.97 Å². The van der Waals surface area contributed by atoms with Gasteiger partial charge in [0.2, 0.25) is 0 Å². The van der Waals surface area contributed by atoms with E-state index >= 15 is 0 Å². The Kier molecular flexibility index (Phi) is 7.59. The average molecular weight is 494 g/mol. The van der Waals surface area contributed by atoms with Gasteiger partial charge in [0.25, 0.3) is 0 Å². The van der Waals surface area contributed by atoms with Gasteiger partial charge in [0.1, 0.15) is 17.1 Å². The number of nitrogens with zero attached hydrogens (tertiary/aromatic N) is 2. The zero-order valence-electron chi connectivity index (χ0n) is 19.4. The molecule has 4 aromatic rings. The highest BCUT2D eigenvalue weighted by Crippen LogP contribution is 2.36. The van der Waals surface area contributed by atoms with Crippen LogP contribution in [0.1, 0.15) is 42.4 Å². The number of hydrogen-bond acceptors (Lipinski definition) is 7. The molecule has 8 heteroatoms. The van der Waals surface area contributed by atoms with Gasteiger partial charge in [0.15, 0.2) is 5.13 Å².